The molecule has 0 spiro atoms. The van der Waals surface area contributed by atoms with Gasteiger partial charge in [0.25, 0.3) is 5.91 Å². The largest absolute Gasteiger partial charge is 0.311 e. The molecule has 0 unspecified atom stereocenters. The molecule has 134 valence electrons. The highest BCUT2D eigenvalue weighted by molar-refractivity contribution is 6.03. The molecule has 0 aliphatic carbocycles. The fourth-order valence-electron chi connectivity index (χ4n) is 2.45. The van der Waals surface area contributed by atoms with Gasteiger partial charge in [0, 0.05) is 31.9 Å². The number of amides is 2. The van der Waals surface area contributed by atoms with E-state index < -0.39 is 0 Å². The molecule has 0 atom stereocenters. The number of nitrogens with zero attached hydrogens (tertiary/aromatic N) is 4. The van der Waals surface area contributed by atoms with Crippen molar-refractivity contribution in [2.24, 2.45) is 7.05 Å². The molecule has 2 aromatic heterocycles. The molecule has 0 aliphatic rings. The van der Waals surface area contributed by atoms with Crippen LogP contribution in [0.2, 0.25) is 0 Å². The van der Waals surface area contributed by atoms with E-state index in [1.165, 1.54) is 10.7 Å². The lowest BCUT2D eigenvalue weighted by atomic mass is 10.1. The van der Waals surface area contributed by atoms with Gasteiger partial charge in [0.05, 0.1) is 6.42 Å². The molecule has 0 radical (unpaired) electrons. The first kappa shape index (κ1) is 17.4. The quantitative estimate of drug-likeness (QED) is 0.710. The first-order valence-electron chi connectivity index (χ1n) is 8.27. The average molecular weight is 352 g/mol. The minimum absolute atomic E-state index is 0.173. The number of nitrogens with one attached hydrogen (secondary N) is 2. The number of hydrogen-bond donors (Lipinski definition) is 2. The predicted octanol–water partition coefficient (Wildman–Crippen LogP) is 2.07. The molecule has 3 rings (SSSR count). The van der Waals surface area contributed by atoms with Crippen LogP contribution in [0.5, 0.6) is 0 Å². The van der Waals surface area contributed by atoms with Crippen LogP contribution in [0.15, 0.2) is 48.7 Å². The first-order chi connectivity index (χ1) is 12.5. The Morgan fingerprint density at radius 1 is 1.08 bits per heavy atom. The van der Waals surface area contributed by atoms with Gasteiger partial charge in [-0.1, -0.05) is 30.3 Å². The lowest BCUT2D eigenvalue weighted by molar-refractivity contribution is -0.115. The second-order valence-corrected chi connectivity index (χ2v) is 5.76. The number of anilines is 2. The zero-order valence-electron chi connectivity index (χ0n) is 14.6. The van der Waals surface area contributed by atoms with E-state index in [0.29, 0.717) is 11.6 Å². The lowest BCUT2D eigenvalue weighted by Crippen LogP contribution is -2.16. The number of rotatable bonds is 6. The number of carbonyl (C=O) groups is 2. The van der Waals surface area contributed by atoms with Crippen molar-refractivity contribution in [3.63, 3.8) is 0 Å². The van der Waals surface area contributed by atoms with E-state index >= 15 is 0 Å². The van der Waals surface area contributed by atoms with Crippen molar-refractivity contribution in [2.45, 2.75) is 19.9 Å². The van der Waals surface area contributed by atoms with Crippen molar-refractivity contribution in [3.8, 4) is 0 Å². The van der Waals surface area contributed by atoms with Crippen LogP contribution in [0.4, 0.5) is 11.6 Å². The molecule has 0 fully saturated rings. The third-order valence-electron chi connectivity index (χ3n) is 3.79. The maximum Gasteiger partial charge on any atom is 0.277 e. The van der Waals surface area contributed by atoms with Crippen molar-refractivity contribution in [1.82, 2.24) is 19.6 Å². The molecule has 2 amide bonds. The number of aromatic nitrogens is 4. The molecule has 0 aliphatic heterocycles. The van der Waals surface area contributed by atoms with Crippen LogP contribution in [-0.2, 0) is 24.8 Å². The van der Waals surface area contributed by atoms with Crippen molar-refractivity contribution in [1.29, 1.82) is 0 Å². The van der Waals surface area contributed by atoms with E-state index in [9.17, 15) is 9.59 Å². The number of benzene rings is 1. The predicted molar refractivity (Wildman–Crippen MR) is 97.8 cm³/mol. The van der Waals surface area contributed by atoms with Gasteiger partial charge in [-0.05, 0) is 12.5 Å². The Kier molecular flexibility index (Phi) is 5.12. The Bertz CT molecular complexity index is 913. The van der Waals surface area contributed by atoms with E-state index in [4.69, 9.17) is 0 Å². The molecule has 2 heterocycles. The van der Waals surface area contributed by atoms with Gasteiger partial charge in [-0.2, -0.15) is 10.2 Å². The fraction of sp³-hybridized carbons (Fsp3) is 0.222. The van der Waals surface area contributed by atoms with E-state index in [1.807, 2.05) is 37.3 Å². The van der Waals surface area contributed by atoms with Gasteiger partial charge < -0.3 is 10.6 Å². The summed E-state index contributed by atoms with van der Waals surface area (Å²) < 4.78 is 3.17. The smallest absolute Gasteiger partial charge is 0.277 e. The normalized spacial score (nSPS) is 10.5. The highest BCUT2D eigenvalue weighted by Gasteiger charge is 2.15. The average Bonchev–Trinajstić information content (AvgIpc) is 3.22. The molecule has 26 heavy (non-hydrogen) atoms. The van der Waals surface area contributed by atoms with Gasteiger partial charge in [-0.3, -0.25) is 19.0 Å². The molecular weight excluding hydrogens is 332 g/mol. The van der Waals surface area contributed by atoms with Crippen LogP contribution < -0.4 is 10.6 Å². The SMILES string of the molecule is CCn1ccc(NC(=O)c2cc(NC(=O)Cc3ccccc3)n(C)n2)n1. The van der Waals surface area contributed by atoms with Crippen LogP contribution in [-0.4, -0.2) is 31.4 Å². The molecule has 2 N–H and O–H groups in total. The Hall–Kier alpha value is -3.42. The van der Waals surface area contributed by atoms with Gasteiger partial charge in [-0.25, -0.2) is 0 Å². The van der Waals surface area contributed by atoms with E-state index in [-0.39, 0.29) is 23.9 Å². The van der Waals surface area contributed by atoms with Crippen LogP contribution in [0.1, 0.15) is 23.0 Å². The molecule has 0 saturated heterocycles. The van der Waals surface area contributed by atoms with Crippen LogP contribution >= 0.6 is 0 Å². The highest BCUT2D eigenvalue weighted by atomic mass is 16.2. The van der Waals surface area contributed by atoms with Gasteiger partial charge in [0.1, 0.15) is 5.82 Å². The van der Waals surface area contributed by atoms with E-state index in [2.05, 4.69) is 20.8 Å². The maximum absolute atomic E-state index is 12.3. The number of aryl methyl sites for hydroxylation is 2. The third-order valence-corrected chi connectivity index (χ3v) is 3.79. The Balaban J connectivity index is 1.64. The zero-order valence-corrected chi connectivity index (χ0v) is 14.6. The minimum Gasteiger partial charge on any atom is -0.311 e. The van der Waals surface area contributed by atoms with Crippen LogP contribution in [0, 0.1) is 0 Å². The third kappa shape index (κ3) is 4.15. The van der Waals surface area contributed by atoms with Gasteiger partial charge in [0.15, 0.2) is 11.5 Å². The number of hydrogen-bond acceptors (Lipinski definition) is 4. The maximum atomic E-state index is 12.3. The number of carbonyl (C=O) groups excluding carboxylic acids is 2. The summed E-state index contributed by atoms with van der Waals surface area (Å²) in [5.74, 6) is 0.352. The van der Waals surface area contributed by atoms with E-state index in [1.54, 1.807) is 24.0 Å². The Labute approximate surface area is 150 Å². The summed E-state index contributed by atoms with van der Waals surface area (Å²) >= 11 is 0. The topological polar surface area (TPSA) is 93.8 Å². The van der Waals surface area contributed by atoms with Crippen molar-refractivity contribution in [2.75, 3.05) is 10.6 Å². The van der Waals surface area contributed by atoms with Crippen molar-refractivity contribution < 1.29 is 9.59 Å². The molecule has 1 aromatic carbocycles. The van der Waals surface area contributed by atoms with Gasteiger partial charge >= 0.3 is 0 Å². The Morgan fingerprint density at radius 3 is 2.54 bits per heavy atom. The summed E-state index contributed by atoms with van der Waals surface area (Å²) in [4.78, 5) is 24.5. The second-order valence-electron chi connectivity index (χ2n) is 5.76. The first-order valence-corrected chi connectivity index (χ1v) is 8.27. The summed E-state index contributed by atoms with van der Waals surface area (Å²) in [6.45, 7) is 2.68. The summed E-state index contributed by atoms with van der Waals surface area (Å²) in [5.41, 5.74) is 1.12. The van der Waals surface area contributed by atoms with Crippen molar-refractivity contribution >= 4 is 23.5 Å². The van der Waals surface area contributed by atoms with Gasteiger partial charge in [0.2, 0.25) is 5.91 Å². The summed E-state index contributed by atoms with van der Waals surface area (Å²) in [7, 11) is 1.67. The monoisotopic (exact) mass is 352 g/mol. The lowest BCUT2D eigenvalue weighted by Gasteiger charge is -2.04. The second kappa shape index (κ2) is 7.64. The molecule has 3 aromatic rings. The minimum atomic E-state index is -0.384. The molecule has 8 nitrogen and oxygen atoms in total. The standard InChI is InChI=1S/C18H20N6O2/c1-3-24-10-9-15(22-24)19-18(26)14-12-16(23(2)21-14)20-17(25)11-13-7-5-4-6-8-13/h4-10,12H,3,11H2,1-2H3,(H,20,25)(H,19,22,26). The molecule has 8 heteroatoms. The summed E-state index contributed by atoms with van der Waals surface area (Å²) in [5, 5.41) is 13.8. The van der Waals surface area contributed by atoms with Crippen LogP contribution in [0.25, 0.3) is 0 Å². The highest BCUT2D eigenvalue weighted by Crippen LogP contribution is 2.12. The molecule has 0 bridgehead atoms. The molecule has 0 saturated carbocycles. The summed E-state index contributed by atoms with van der Waals surface area (Å²) in [6.07, 6.45) is 2.03. The summed E-state index contributed by atoms with van der Waals surface area (Å²) in [6, 6.07) is 12.7. The van der Waals surface area contributed by atoms with Crippen LogP contribution in [0.3, 0.4) is 0 Å². The van der Waals surface area contributed by atoms with E-state index in [0.717, 1.165) is 12.1 Å². The fourth-order valence-corrected chi connectivity index (χ4v) is 2.45. The zero-order chi connectivity index (χ0) is 18.5. The van der Waals surface area contributed by atoms with Crippen molar-refractivity contribution in [3.05, 3.63) is 59.9 Å². The molecular formula is C18H20N6O2. The van der Waals surface area contributed by atoms with Gasteiger partial charge in [-0.15, -0.1) is 0 Å². The Morgan fingerprint density at radius 2 is 1.85 bits per heavy atom.